The SMILES string of the molecule is CCOC(=O)c1c(NC(=O)CSc2nnc3nc(C)cc(C)n23)sc(CC)c1C. The third-order valence-electron chi connectivity index (χ3n) is 4.29. The molecule has 0 saturated carbocycles. The maximum Gasteiger partial charge on any atom is 0.341 e. The Morgan fingerprint density at radius 2 is 2.00 bits per heavy atom. The molecule has 0 fully saturated rings. The molecule has 0 aromatic carbocycles. The van der Waals surface area contributed by atoms with Gasteiger partial charge in [-0.2, -0.15) is 0 Å². The van der Waals surface area contributed by atoms with Crippen molar-refractivity contribution in [3.05, 3.63) is 33.5 Å². The highest BCUT2D eigenvalue weighted by molar-refractivity contribution is 7.99. The minimum atomic E-state index is -0.413. The number of thiophene rings is 1. The van der Waals surface area contributed by atoms with Gasteiger partial charge < -0.3 is 10.1 Å². The number of rotatable bonds is 7. The van der Waals surface area contributed by atoms with Gasteiger partial charge in [-0.05, 0) is 45.7 Å². The van der Waals surface area contributed by atoms with E-state index >= 15 is 0 Å². The molecule has 0 bridgehead atoms. The molecule has 3 heterocycles. The third kappa shape index (κ3) is 4.43. The monoisotopic (exact) mass is 433 g/mol. The first-order chi connectivity index (χ1) is 13.8. The van der Waals surface area contributed by atoms with E-state index in [4.69, 9.17) is 4.74 Å². The van der Waals surface area contributed by atoms with E-state index in [9.17, 15) is 9.59 Å². The summed E-state index contributed by atoms with van der Waals surface area (Å²) in [6, 6.07) is 1.94. The fourth-order valence-corrected chi connectivity index (χ4v) is 4.96. The number of amides is 1. The number of anilines is 1. The third-order valence-corrected chi connectivity index (χ3v) is 6.58. The van der Waals surface area contributed by atoms with Gasteiger partial charge in [-0.3, -0.25) is 9.20 Å². The molecule has 0 saturated heterocycles. The zero-order valence-electron chi connectivity index (χ0n) is 17.0. The highest BCUT2D eigenvalue weighted by Gasteiger charge is 2.23. The smallest absolute Gasteiger partial charge is 0.341 e. The average molecular weight is 434 g/mol. The molecule has 3 rings (SSSR count). The molecule has 0 aliphatic heterocycles. The number of nitrogens with one attached hydrogen (secondary N) is 1. The summed E-state index contributed by atoms with van der Waals surface area (Å²) in [6.45, 7) is 9.79. The predicted molar refractivity (Wildman–Crippen MR) is 114 cm³/mol. The minimum Gasteiger partial charge on any atom is -0.462 e. The molecule has 1 amide bonds. The van der Waals surface area contributed by atoms with Crippen LogP contribution in [0.4, 0.5) is 5.00 Å². The maximum absolute atomic E-state index is 12.6. The average Bonchev–Trinajstić information content (AvgIpc) is 3.20. The van der Waals surface area contributed by atoms with E-state index in [2.05, 4.69) is 20.5 Å². The van der Waals surface area contributed by atoms with E-state index < -0.39 is 5.97 Å². The van der Waals surface area contributed by atoms with Crippen LogP contribution in [0, 0.1) is 20.8 Å². The highest BCUT2D eigenvalue weighted by atomic mass is 32.2. The summed E-state index contributed by atoms with van der Waals surface area (Å²) in [4.78, 5) is 30.3. The van der Waals surface area contributed by atoms with Crippen LogP contribution < -0.4 is 5.32 Å². The Morgan fingerprint density at radius 3 is 2.69 bits per heavy atom. The number of aromatic nitrogens is 4. The number of ether oxygens (including phenoxy) is 1. The van der Waals surface area contributed by atoms with Crippen molar-refractivity contribution in [3.8, 4) is 0 Å². The number of thioether (sulfide) groups is 1. The van der Waals surface area contributed by atoms with Crippen molar-refractivity contribution in [2.75, 3.05) is 17.7 Å². The van der Waals surface area contributed by atoms with Crippen LogP contribution in [0.5, 0.6) is 0 Å². The Bertz CT molecular complexity index is 1070. The molecule has 1 N–H and O–H groups in total. The van der Waals surface area contributed by atoms with Crippen molar-refractivity contribution >= 4 is 45.8 Å². The number of carbonyl (C=O) groups is 2. The predicted octanol–water partition coefficient (Wildman–Crippen LogP) is 3.58. The van der Waals surface area contributed by atoms with Gasteiger partial charge >= 0.3 is 5.97 Å². The lowest BCUT2D eigenvalue weighted by molar-refractivity contribution is -0.113. The topological polar surface area (TPSA) is 98.5 Å². The number of carbonyl (C=O) groups excluding carboxylic acids is 2. The Balaban J connectivity index is 1.76. The van der Waals surface area contributed by atoms with Crippen LogP contribution in [-0.2, 0) is 16.0 Å². The Labute approximate surface area is 177 Å². The number of esters is 1. The van der Waals surface area contributed by atoms with Gasteiger partial charge in [-0.1, -0.05) is 18.7 Å². The number of hydrogen-bond acceptors (Lipinski definition) is 8. The first kappa shape index (κ1) is 21.3. The molecule has 154 valence electrons. The largest absolute Gasteiger partial charge is 0.462 e. The fourth-order valence-electron chi connectivity index (χ4n) is 3.02. The number of fused-ring (bicyclic) bond motifs is 1. The Morgan fingerprint density at radius 1 is 1.24 bits per heavy atom. The molecule has 0 unspecified atom stereocenters. The summed E-state index contributed by atoms with van der Waals surface area (Å²) >= 11 is 2.68. The van der Waals surface area contributed by atoms with Crippen molar-refractivity contribution in [1.82, 2.24) is 19.6 Å². The van der Waals surface area contributed by atoms with E-state index in [1.807, 2.05) is 38.2 Å². The highest BCUT2D eigenvalue weighted by Crippen LogP contribution is 2.34. The summed E-state index contributed by atoms with van der Waals surface area (Å²) < 4.78 is 6.98. The second kappa shape index (κ2) is 8.91. The van der Waals surface area contributed by atoms with E-state index in [0.29, 0.717) is 21.5 Å². The Hall–Kier alpha value is -2.46. The molecule has 3 aromatic rings. The summed E-state index contributed by atoms with van der Waals surface area (Å²) in [5.41, 5.74) is 3.12. The summed E-state index contributed by atoms with van der Waals surface area (Å²) in [5.74, 6) is 0.00855. The summed E-state index contributed by atoms with van der Waals surface area (Å²) in [7, 11) is 0. The van der Waals surface area contributed by atoms with Gasteiger partial charge in [0.2, 0.25) is 5.91 Å². The van der Waals surface area contributed by atoms with E-state index in [-0.39, 0.29) is 18.3 Å². The zero-order valence-corrected chi connectivity index (χ0v) is 18.7. The van der Waals surface area contributed by atoms with Crippen LogP contribution in [0.15, 0.2) is 11.2 Å². The molecule has 29 heavy (non-hydrogen) atoms. The van der Waals surface area contributed by atoms with Gasteiger partial charge in [-0.25, -0.2) is 9.78 Å². The Kier molecular flexibility index (Phi) is 6.53. The van der Waals surface area contributed by atoms with E-state index in [1.165, 1.54) is 23.1 Å². The second-order valence-electron chi connectivity index (χ2n) is 6.42. The van der Waals surface area contributed by atoms with Crippen molar-refractivity contribution in [2.24, 2.45) is 0 Å². The van der Waals surface area contributed by atoms with Crippen LogP contribution in [0.1, 0.15) is 46.0 Å². The van der Waals surface area contributed by atoms with Crippen LogP contribution in [0.2, 0.25) is 0 Å². The molecule has 10 heteroatoms. The van der Waals surface area contributed by atoms with Crippen LogP contribution in [-0.4, -0.2) is 43.8 Å². The number of aryl methyl sites for hydroxylation is 3. The van der Waals surface area contributed by atoms with Crippen molar-refractivity contribution in [1.29, 1.82) is 0 Å². The van der Waals surface area contributed by atoms with Gasteiger partial charge in [0.15, 0.2) is 5.16 Å². The standard InChI is InChI=1S/C19H23N5O3S2/c1-6-13-12(5)15(17(26)27-7-2)16(29-13)21-14(25)9-28-19-23-22-18-20-10(3)8-11(4)24(18)19/h8H,6-7,9H2,1-5H3,(H,21,25). The molecule has 0 aliphatic rings. The molecule has 0 radical (unpaired) electrons. The lowest BCUT2D eigenvalue weighted by atomic mass is 10.1. The number of hydrogen-bond donors (Lipinski definition) is 1. The first-order valence-corrected chi connectivity index (χ1v) is 11.1. The molecule has 8 nitrogen and oxygen atoms in total. The van der Waals surface area contributed by atoms with Crippen molar-refractivity contribution in [3.63, 3.8) is 0 Å². The quantitative estimate of drug-likeness (QED) is 0.449. The van der Waals surface area contributed by atoms with Gasteiger partial charge in [0, 0.05) is 16.3 Å². The lowest BCUT2D eigenvalue weighted by Crippen LogP contribution is -2.16. The van der Waals surface area contributed by atoms with Crippen LogP contribution in [0.25, 0.3) is 5.78 Å². The molecular formula is C19H23N5O3S2. The van der Waals surface area contributed by atoms with Gasteiger partial charge in [0.25, 0.3) is 5.78 Å². The van der Waals surface area contributed by atoms with Crippen molar-refractivity contribution < 1.29 is 14.3 Å². The maximum atomic E-state index is 12.6. The van der Waals surface area contributed by atoms with Gasteiger partial charge in [-0.15, -0.1) is 21.5 Å². The minimum absolute atomic E-state index is 0.134. The van der Waals surface area contributed by atoms with Gasteiger partial charge in [0.05, 0.1) is 17.9 Å². The lowest BCUT2D eigenvalue weighted by Gasteiger charge is -2.07. The first-order valence-electron chi connectivity index (χ1n) is 9.27. The summed E-state index contributed by atoms with van der Waals surface area (Å²) in [6.07, 6.45) is 0.783. The normalized spacial score (nSPS) is 11.1. The van der Waals surface area contributed by atoms with E-state index in [1.54, 1.807) is 6.92 Å². The molecule has 3 aromatic heterocycles. The van der Waals surface area contributed by atoms with Crippen molar-refractivity contribution in [2.45, 2.75) is 46.2 Å². The zero-order chi connectivity index (χ0) is 21.1. The molecule has 0 atom stereocenters. The van der Waals surface area contributed by atoms with Crippen LogP contribution in [0.3, 0.4) is 0 Å². The molecular weight excluding hydrogens is 410 g/mol. The van der Waals surface area contributed by atoms with Crippen LogP contribution >= 0.6 is 23.1 Å². The number of nitrogens with zero attached hydrogens (tertiary/aromatic N) is 4. The molecule has 0 spiro atoms. The summed E-state index contributed by atoms with van der Waals surface area (Å²) in [5, 5.41) is 12.2. The molecule has 0 aliphatic carbocycles. The second-order valence-corrected chi connectivity index (χ2v) is 8.47. The van der Waals surface area contributed by atoms with E-state index in [0.717, 1.165) is 28.2 Å². The fraction of sp³-hybridized carbons (Fsp3) is 0.421. The van der Waals surface area contributed by atoms with Gasteiger partial charge in [0.1, 0.15) is 5.00 Å².